The third-order valence-corrected chi connectivity index (χ3v) is 5.56. The van der Waals surface area contributed by atoms with Gasteiger partial charge in [0.05, 0.1) is 0 Å². The summed E-state index contributed by atoms with van der Waals surface area (Å²) in [7, 11) is 0. The molecule has 3 aromatic rings. The van der Waals surface area contributed by atoms with Crippen LogP contribution in [0.5, 0.6) is 0 Å². The fourth-order valence-corrected chi connectivity index (χ4v) is 3.83. The molecule has 1 saturated heterocycles. The van der Waals surface area contributed by atoms with Gasteiger partial charge in [0.2, 0.25) is 5.95 Å². The Bertz CT molecular complexity index is 875. The predicted molar refractivity (Wildman–Crippen MR) is 116 cm³/mol. The molecule has 5 heteroatoms. The largest absolute Gasteiger partial charge is 0.356 e. The third kappa shape index (κ3) is 5.02. The number of halogens is 1. The Kier molecular flexibility index (Phi) is 6.07. The predicted octanol–water partition coefficient (Wildman–Crippen LogP) is 5.20. The van der Waals surface area contributed by atoms with E-state index in [0.717, 1.165) is 35.4 Å². The molecule has 144 valence electrons. The lowest BCUT2D eigenvalue weighted by atomic mass is 9.90. The summed E-state index contributed by atoms with van der Waals surface area (Å²) in [4.78, 5) is 11.5. The molecule has 4 rings (SSSR count). The van der Waals surface area contributed by atoms with E-state index in [4.69, 9.17) is 16.6 Å². The van der Waals surface area contributed by atoms with E-state index in [9.17, 15) is 0 Å². The second-order valence-corrected chi connectivity index (χ2v) is 7.78. The molecule has 0 amide bonds. The minimum absolute atomic E-state index is 0.666. The minimum Gasteiger partial charge on any atom is -0.356 e. The lowest BCUT2D eigenvalue weighted by Crippen LogP contribution is -2.35. The summed E-state index contributed by atoms with van der Waals surface area (Å²) in [5.74, 6) is 2.42. The van der Waals surface area contributed by atoms with Gasteiger partial charge in [-0.3, -0.25) is 0 Å². The van der Waals surface area contributed by atoms with Gasteiger partial charge in [0, 0.05) is 30.9 Å². The van der Waals surface area contributed by atoms with E-state index in [1.165, 1.54) is 24.8 Å². The van der Waals surface area contributed by atoms with Gasteiger partial charge < -0.3 is 10.2 Å². The van der Waals surface area contributed by atoms with Gasteiger partial charge in [-0.15, -0.1) is 0 Å². The zero-order valence-corrected chi connectivity index (χ0v) is 16.6. The zero-order chi connectivity index (χ0) is 19.2. The van der Waals surface area contributed by atoms with Crippen LogP contribution < -0.4 is 10.2 Å². The van der Waals surface area contributed by atoms with Gasteiger partial charge in [0.1, 0.15) is 5.82 Å². The van der Waals surface area contributed by atoms with Crippen LogP contribution in [0.15, 0.2) is 66.9 Å². The molecule has 0 atom stereocenters. The van der Waals surface area contributed by atoms with Gasteiger partial charge in [0.15, 0.2) is 0 Å². The number of aromatic nitrogens is 2. The fourth-order valence-electron chi connectivity index (χ4n) is 3.71. The van der Waals surface area contributed by atoms with Crippen LogP contribution in [0.25, 0.3) is 0 Å². The molecule has 2 heterocycles. The van der Waals surface area contributed by atoms with Crippen molar-refractivity contribution in [2.75, 3.05) is 23.3 Å². The molecule has 1 N–H and O–H groups in total. The molecule has 0 aliphatic carbocycles. The van der Waals surface area contributed by atoms with Crippen LogP contribution in [0.3, 0.4) is 0 Å². The summed E-state index contributed by atoms with van der Waals surface area (Å²) in [6, 6.07) is 20.6. The van der Waals surface area contributed by atoms with E-state index in [0.29, 0.717) is 12.5 Å². The lowest BCUT2D eigenvalue weighted by Gasteiger charge is -2.33. The van der Waals surface area contributed by atoms with Crippen molar-refractivity contribution in [1.82, 2.24) is 9.97 Å². The normalized spacial score (nSPS) is 14.8. The quantitative estimate of drug-likeness (QED) is 0.625. The van der Waals surface area contributed by atoms with E-state index in [-0.39, 0.29) is 0 Å². The van der Waals surface area contributed by atoms with Gasteiger partial charge >= 0.3 is 0 Å². The van der Waals surface area contributed by atoms with Crippen molar-refractivity contribution in [1.29, 1.82) is 0 Å². The molecule has 0 bridgehead atoms. The number of anilines is 2. The first-order chi connectivity index (χ1) is 13.8. The molecule has 2 aromatic carbocycles. The van der Waals surface area contributed by atoms with E-state index >= 15 is 0 Å². The summed E-state index contributed by atoms with van der Waals surface area (Å²) in [5, 5.41) is 4.06. The highest BCUT2D eigenvalue weighted by atomic mass is 35.5. The molecule has 1 fully saturated rings. The molecule has 0 saturated carbocycles. The van der Waals surface area contributed by atoms with Crippen LogP contribution in [-0.2, 0) is 13.0 Å². The maximum Gasteiger partial charge on any atom is 0.224 e. The number of nitrogens with one attached hydrogen (secondary N) is 1. The Morgan fingerprint density at radius 1 is 0.929 bits per heavy atom. The Morgan fingerprint density at radius 3 is 2.43 bits per heavy atom. The summed E-state index contributed by atoms with van der Waals surface area (Å²) in [6.07, 6.45) is 5.41. The standard InChI is InChI=1S/C23H25ClN4/c24-21-8-6-20(7-9-21)17-26-23-25-13-10-22(27-23)28-14-11-19(12-15-28)16-18-4-2-1-3-5-18/h1-10,13,19H,11-12,14-17H2,(H,25,26,27). The Hall–Kier alpha value is -2.59. The Balaban J connectivity index is 1.31. The van der Waals surface area contributed by atoms with Gasteiger partial charge in [-0.25, -0.2) is 4.98 Å². The van der Waals surface area contributed by atoms with Gasteiger partial charge in [-0.05, 0) is 54.5 Å². The minimum atomic E-state index is 0.666. The molecular weight excluding hydrogens is 368 g/mol. The van der Waals surface area contributed by atoms with Crippen molar-refractivity contribution in [2.24, 2.45) is 5.92 Å². The number of hydrogen-bond donors (Lipinski definition) is 1. The van der Waals surface area contributed by atoms with Crippen LogP contribution in [-0.4, -0.2) is 23.1 Å². The first kappa shape index (κ1) is 18.8. The second-order valence-electron chi connectivity index (χ2n) is 7.34. The average molecular weight is 393 g/mol. The smallest absolute Gasteiger partial charge is 0.224 e. The summed E-state index contributed by atoms with van der Waals surface area (Å²) >= 11 is 5.94. The van der Waals surface area contributed by atoms with Crippen LogP contribution >= 0.6 is 11.6 Å². The molecule has 0 radical (unpaired) electrons. The Morgan fingerprint density at radius 2 is 1.68 bits per heavy atom. The van der Waals surface area contributed by atoms with Crippen LogP contribution in [0.4, 0.5) is 11.8 Å². The van der Waals surface area contributed by atoms with E-state index in [1.807, 2.05) is 36.5 Å². The monoisotopic (exact) mass is 392 g/mol. The molecule has 1 aromatic heterocycles. The highest BCUT2D eigenvalue weighted by Crippen LogP contribution is 2.25. The number of piperidine rings is 1. The van der Waals surface area contributed by atoms with Crippen molar-refractivity contribution in [3.05, 3.63) is 83.0 Å². The molecule has 1 aliphatic rings. The topological polar surface area (TPSA) is 41.1 Å². The maximum absolute atomic E-state index is 5.94. The van der Waals surface area contributed by atoms with Crippen LogP contribution in [0, 0.1) is 5.92 Å². The fraction of sp³-hybridized carbons (Fsp3) is 0.304. The van der Waals surface area contributed by atoms with Crippen molar-refractivity contribution in [2.45, 2.75) is 25.8 Å². The molecule has 0 spiro atoms. The van der Waals surface area contributed by atoms with E-state index in [2.05, 4.69) is 45.5 Å². The van der Waals surface area contributed by atoms with Crippen molar-refractivity contribution in [3.8, 4) is 0 Å². The average Bonchev–Trinajstić information content (AvgIpc) is 2.75. The highest BCUT2D eigenvalue weighted by molar-refractivity contribution is 6.30. The summed E-state index contributed by atoms with van der Waals surface area (Å²) in [6.45, 7) is 2.77. The van der Waals surface area contributed by atoms with Gasteiger partial charge in [-0.1, -0.05) is 54.1 Å². The van der Waals surface area contributed by atoms with Gasteiger partial charge in [-0.2, -0.15) is 4.98 Å². The zero-order valence-electron chi connectivity index (χ0n) is 15.9. The molecule has 28 heavy (non-hydrogen) atoms. The van der Waals surface area contributed by atoms with Crippen molar-refractivity contribution < 1.29 is 0 Å². The van der Waals surface area contributed by atoms with E-state index in [1.54, 1.807) is 0 Å². The van der Waals surface area contributed by atoms with Crippen molar-refractivity contribution in [3.63, 3.8) is 0 Å². The SMILES string of the molecule is Clc1ccc(CNc2nccc(N3CCC(Cc4ccccc4)CC3)n2)cc1. The number of nitrogens with zero attached hydrogens (tertiary/aromatic N) is 3. The number of rotatable bonds is 6. The second kappa shape index (κ2) is 9.07. The van der Waals surface area contributed by atoms with Crippen LogP contribution in [0.1, 0.15) is 24.0 Å². The number of hydrogen-bond acceptors (Lipinski definition) is 4. The van der Waals surface area contributed by atoms with E-state index < -0.39 is 0 Å². The van der Waals surface area contributed by atoms with Crippen LogP contribution in [0.2, 0.25) is 5.02 Å². The maximum atomic E-state index is 5.94. The van der Waals surface area contributed by atoms with Crippen molar-refractivity contribution >= 4 is 23.4 Å². The molecule has 4 nitrogen and oxygen atoms in total. The summed E-state index contributed by atoms with van der Waals surface area (Å²) < 4.78 is 0. The van der Waals surface area contributed by atoms with Gasteiger partial charge in [0.25, 0.3) is 0 Å². The first-order valence-electron chi connectivity index (χ1n) is 9.86. The molecular formula is C23H25ClN4. The third-order valence-electron chi connectivity index (χ3n) is 5.31. The molecule has 1 aliphatic heterocycles. The first-order valence-corrected chi connectivity index (χ1v) is 10.2. The Labute approximate surface area is 171 Å². The lowest BCUT2D eigenvalue weighted by molar-refractivity contribution is 0.402. The molecule has 0 unspecified atom stereocenters. The number of benzene rings is 2. The summed E-state index contributed by atoms with van der Waals surface area (Å²) in [5.41, 5.74) is 2.59. The highest BCUT2D eigenvalue weighted by Gasteiger charge is 2.20.